The van der Waals surface area contributed by atoms with E-state index in [-0.39, 0.29) is 0 Å². The Balaban J connectivity index is 1.76. The van der Waals surface area contributed by atoms with Gasteiger partial charge in [0, 0.05) is 21.4 Å². The molecule has 0 aliphatic carbocycles. The van der Waals surface area contributed by atoms with Gasteiger partial charge in [0.15, 0.2) is 0 Å². The summed E-state index contributed by atoms with van der Waals surface area (Å²) < 4.78 is 14.0. The Morgan fingerprint density at radius 1 is 0.852 bits per heavy atom. The number of carbonyl (C=O) groups excluding carboxylic acids is 2. The van der Waals surface area contributed by atoms with Gasteiger partial charge < -0.3 is 10.6 Å². The lowest BCUT2D eigenvalue weighted by molar-refractivity contribution is 0.101. The molecule has 0 unspecified atom stereocenters. The first-order chi connectivity index (χ1) is 12.9. The van der Waals surface area contributed by atoms with Crippen molar-refractivity contribution in [2.45, 2.75) is 0 Å². The first-order valence-electron chi connectivity index (χ1n) is 7.86. The van der Waals surface area contributed by atoms with Gasteiger partial charge in [-0.05, 0) is 54.6 Å². The molecule has 0 heterocycles. The molecule has 0 aromatic heterocycles. The summed E-state index contributed by atoms with van der Waals surface area (Å²) >= 11 is 9.36. The molecule has 0 fully saturated rings. The highest BCUT2D eigenvalue weighted by molar-refractivity contribution is 9.10. The van der Waals surface area contributed by atoms with Crippen molar-refractivity contribution in [1.82, 2.24) is 0 Å². The molecule has 2 amide bonds. The average Bonchev–Trinajstić information content (AvgIpc) is 2.64. The molecule has 136 valence electrons. The van der Waals surface area contributed by atoms with Crippen LogP contribution < -0.4 is 10.6 Å². The highest BCUT2D eigenvalue weighted by Crippen LogP contribution is 2.22. The van der Waals surface area contributed by atoms with Crippen molar-refractivity contribution in [3.63, 3.8) is 0 Å². The zero-order valence-electron chi connectivity index (χ0n) is 13.8. The van der Waals surface area contributed by atoms with E-state index in [9.17, 15) is 14.0 Å². The van der Waals surface area contributed by atoms with Gasteiger partial charge in [-0.25, -0.2) is 4.39 Å². The summed E-state index contributed by atoms with van der Waals surface area (Å²) in [5.74, 6) is -1.26. The molecular formula is C20H13BrClFN2O2. The van der Waals surface area contributed by atoms with E-state index in [1.165, 1.54) is 24.3 Å². The Bertz CT molecular complexity index is 1030. The molecule has 3 rings (SSSR count). The van der Waals surface area contributed by atoms with Crippen LogP contribution in [0.1, 0.15) is 20.7 Å². The number of hydrogen-bond donors (Lipinski definition) is 2. The highest BCUT2D eigenvalue weighted by atomic mass is 79.9. The lowest BCUT2D eigenvalue weighted by Crippen LogP contribution is -2.15. The number of anilines is 2. The van der Waals surface area contributed by atoms with Gasteiger partial charge in [0.25, 0.3) is 11.8 Å². The van der Waals surface area contributed by atoms with Crippen molar-refractivity contribution in [3.8, 4) is 0 Å². The number of amides is 2. The van der Waals surface area contributed by atoms with Crippen molar-refractivity contribution in [2.24, 2.45) is 0 Å². The van der Waals surface area contributed by atoms with Crippen LogP contribution in [0, 0.1) is 5.82 Å². The van der Waals surface area contributed by atoms with Gasteiger partial charge >= 0.3 is 0 Å². The van der Waals surface area contributed by atoms with Crippen LogP contribution in [0.2, 0.25) is 5.02 Å². The van der Waals surface area contributed by atoms with Gasteiger partial charge in [-0.15, -0.1) is 0 Å². The van der Waals surface area contributed by atoms with E-state index in [4.69, 9.17) is 11.6 Å². The van der Waals surface area contributed by atoms with Crippen molar-refractivity contribution in [2.75, 3.05) is 10.6 Å². The van der Waals surface area contributed by atoms with E-state index in [1.54, 1.807) is 42.5 Å². The van der Waals surface area contributed by atoms with Crippen molar-refractivity contribution < 1.29 is 14.0 Å². The first kappa shape index (κ1) is 19.1. The molecule has 4 nitrogen and oxygen atoms in total. The third-order valence-electron chi connectivity index (χ3n) is 3.64. The minimum atomic E-state index is -0.445. The largest absolute Gasteiger partial charge is 0.322 e. The monoisotopic (exact) mass is 446 g/mol. The Kier molecular flexibility index (Phi) is 5.88. The topological polar surface area (TPSA) is 58.2 Å². The summed E-state index contributed by atoms with van der Waals surface area (Å²) in [6.45, 7) is 0. The average molecular weight is 448 g/mol. The van der Waals surface area contributed by atoms with Gasteiger partial charge in [0.2, 0.25) is 0 Å². The minimum Gasteiger partial charge on any atom is -0.322 e. The quantitative estimate of drug-likeness (QED) is 0.535. The van der Waals surface area contributed by atoms with Crippen LogP contribution >= 0.6 is 27.5 Å². The van der Waals surface area contributed by atoms with Crippen LogP contribution in [0.4, 0.5) is 15.8 Å². The van der Waals surface area contributed by atoms with Gasteiger partial charge in [-0.2, -0.15) is 0 Å². The van der Waals surface area contributed by atoms with Crippen molar-refractivity contribution >= 4 is 50.7 Å². The summed E-state index contributed by atoms with van der Waals surface area (Å²) in [5, 5.41) is 5.63. The molecule has 0 bridgehead atoms. The fourth-order valence-corrected chi connectivity index (χ4v) is 2.94. The normalized spacial score (nSPS) is 10.3. The molecule has 0 saturated carbocycles. The fourth-order valence-electron chi connectivity index (χ4n) is 2.38. The second-order valence-corrected chi connectivity index (χ2v) is 6.95. The third-order valence-corrected chi connectivity index (χ3v) is 4.46. The number of hydrogen-bond acceptors (Lipinski definition) is 2. The van der Waals surface area contributed by atoms with Crippen LogP contribution in [0.15, 0.2) is 71.2 Å². The van der Waals surface area contributed by atoms with Crippen LogP contribution in [0.5, 0.6) is 0 Å². The molecule has 0 spiro atoms. The van der Waals surface area contributed by atoms with Crippen LogP contribution in [0.3, 0.4) is 0 Å². The summed E-state index contributed by atoms with van der Waals surface area (Å²) in [6.07, 6.45) is 0. The second-order valence-electron chi connectivity index (χ2n) is 5.62. The zero-order chi connectivity index (χ0) is 19.4. The van der Waals surface area contributed by atoms with Crippen LogP contribution in [0.25, 0.3) is 0 Å². The molecule has 3 aromatic carbocycles. The molecule has 0 aliphatic heterocycles. The fraction of sp³-hybridized carbons (Fsp3) is 0. The predicted molar refractivity (Wildman–Crippen MR) is 108 cm³/mol. The number of nitrogens with one attached hydrogen (secondary N) is 2. The molecule has 7 heteroatoms. The van der Waals surface area contributed by atoms with E-state index in [2.05, 4.69) is 26.6 Å². The van der Waals surface area contributed by atoms with Gasteiger partial charge in [0.05, 0.1) is 10.6 Å². The summed E-state index contributed by atoms with van der Waals surface area (Å²) in [6, 6.07) is 17.0. The maximum absolute atomic E-state index is 13.2. The van der Waals surface area contributed by atoms with E-state index in [0.29, 0.717) is 27.5 Å². The number of carbonyl (C=O) groups is 2. The molecule has 3 aromatic rings. The van der Waals surface area contributed by atoms with E-state index < -0.39 is 17.6 Å². The highest BCUT2D eigenvalue weighted by Gasteiger charge is 2.13. The Hall–Kier alpha value is -2.70. The summed E-state index contributed by atoms with van der Waals surface area (Å²) in [4.78, 5) is 24.8. The standard InChI is InChI=1S/C20H13BrClFN2O2/c21-13-7-8-18(22)17(10-13)20(27)25-15-5-1-3-12(9-15)19(26)24-16-6-2-4-14(23)11-16/h1-11H,(H,24,26)(H,25,27). The van der Waals surface area contributed by atoms with Gasteiger partial charge in [-0.1, -0.05) is 39.7 Å². The van der Waals surface area contributed by atoms with E-state index >= 15 is 0 Å². The van der Waals surface area contributed by atoms with Crippen LogP contribution in [-0.2, 0) is 0 Å². The van der Waals surface area contributed by atoms with Gasteiger partial charge in [0.1, 0.15) is 5.82 Å². The number of rotatable bonds is 4. The SMILES string of the molecule is O=C(Nc1cccc(F)c1)c1cccc(NC(=O)c2cc(Br)ccc2Cl)c1. The molecule has 2 N–H and O–H groups in total. The van der Waals surface area contributed by atoms with Crippen molar-refractivity contribution in [3.05, 3.63) is 93.2 Å². The third kappa shape index (κ3) is 4.93. The Morgan fingerprint density at radius 3 is 2.26 bits per heavy atom. The molecule has 0 radical (unpaired) electrons. The Labute approximate surface area is 168 Å². The summed E-state index contributed by atoms with van der Waals surface area (Å²) in [7, 11) is 0. The summed E-state index contributed by atoms with van der Waals surface area (Å²) in [5.41, 5.74) is 1.40. The minimum absolute atomic E-state index is 0.306. The molecule has 0 atom stereocenters. The maximum Gasteiger partial charge on any atom is 0.257 e. The number of benzene rings is 3. The lowest BCUT2D eigenvalue weighted by Gasteiger charge is -2.10. The molecule has 0 saturated heterocycles. The predicted octanol–water partition coefficient (Wildman–Crippen LogP) is 5.75. The lowest BCUT2D eigenvalue weighted by atomic mass is 10.1. The maximum atomic E-state index is 13.2. The number of halogens is 3. The zero-order valence-corrected chi connectivity index (χ0v) is 16.1. The van der Waals surface area contributed by atoms with E-state index in [1.807, 2.05) is 0 Å². The molecule has 27 heavy (non-hydrogen) atoms. The Morgan fingerprint density at radius 2 is 1.52 bits per heavy atom. The van der Waals surface area contributed by atoms with Crippen molar-refractivity contribution in [1.29, 1.82) is 0 Å². The van der Waals surface area contributed by atoms with E-state index in [0.717, 1.165) is 4.47 Å². The molecular weight excluding hydrogens is 435 g/mol. The smallest absolute Gasteiger partial charge is 0.257 e. The second kappa shape index (κ2) is 8.33. The first-order valence-corrected chi connectivity index (χ1v) is 9.03. The van der Waals surface area contributed by atoms with Crippen LogP contribution in [-0.4, -0.2) is 11.8 Å². The van der Waals surface area contributed by atoms with Gasteiger partial charge in [-0.3, -0.25) is 9.59 Å². The molecule has 0 aliphatic rings.